The molecule has 9 heteroatoms. The van der Waals surface area contributed by atoms with Crippen molar-refractivity contribution in [1.82, 2.24) is 19.6 Å². The zero-order valence-electron chi connectivity index (χ0n) is 13.1. The van der Waals surface area contributed by atoms with Crippen LogP contribution in [0.4, 0.5) is 5.82 Å². The van der Waals surface area contributed by atoms with Gasteiger partial charge in [0, 0.05) is 28.3 Å². The molecule has 1 fully saturated rings. The molecule has 1 saturated heterocycles. The predicted octanol–water partition coefficient (Wildman–Crippen LogP) is 1.85. The van der Waals surface area contributed by atoms with Crippen LogP contribution in [0.5, 0.6) is 0 Å². The van der Waals surface area contributed by atoms with E-state index in [2.05, 4.69) is 67.4 Å². The summed E-state index contributed by atoms with van der Waals surface area (Å²) in [4.78, 5) is 4.36. The highest BCUT2D eigenvalue weighted by Crippen LogP contribution is 2.39. The van der Waals surface area contributed by atoms with Crippen molar-refractivity contribution in [2.75, 3.05) is 11.1 Å². The minimum atomic E-state index is -0.839. The van der Waals surface area contributed by atoms with E-state index in [1.54, 1.807) is 12.4 Å². The second-order valence-corrected chi connectivity index (χ2v) is 8.24. The number of aromatic nitrogens is 4. The first-order valence-corrected chi connectivity index (χ1v) is 9.92. The van der Waals surface area contributed by atoms with Crippen molar-refractivity contribution in [3.63, 3.8) is 0 Å². The number of thioether (sulfide) groups is 1. The van der Waals surface area contributed by atoms with Gasteiger partial charge in [-0.2, -0.15) is 0 Å². The molecule has 3 aromatic rings. The zero-order valence-corrected chi connectivity index (χ0v) is 16.1. The van der Waals surface area contributed by atoms with Gasteiger partial charge in [0.15, 0.2) is 11.6 Å². The lowest BCUT2D eigenvalue weighted by atomic mass is 10.1. The van der Waals surface area contributed by atoms with Crippen LogP contribution in [0.1, 0.15) is 16.6 Å². The van der Waals surface area contributed by atoms with E-state index >= 15 is 0 Å². The summed E-state index contributed by atoms with van der Waals surface area (Å²) in [5.41, 5.74) is 1.76. The van der Waals surface area contributed by atoms with Gasteiger partial charge in [0.2, 0.25) is 5.65 Å². The number of benzene rings is 1. The van der Waals surface area contributed by atoms with Crippen LogP contribution >= 0.6 is 34.4 Å². The Balaban J connectivity index is 1.59. The van der Waals surface area contributed by atoms with Gasteiger partial charge in [-0.1, -0.05) is 12.1 Å². The molecule has 3 atom stereocenters. The lowest BCUT2D eigenvalue weighted by Crippen LogP contribution is -2.25. The molecule has 0 bridgehead atoms. The molecule has 1 aliphatic heterocycles. The number of rotatable bonds is 4. The molecule has 7 nitrogen and oxygen atoms in total. The van der Waals surface area contributed by atoms with Crippen molar-refractivity contribution in [2.24, 2.45) is 0 Å². The van der Waals surface area contributed by atoms with Crippen LogP contribution < -0.4 is 5.32 Å². The highest BCUT2D eigenvalue weighted by Gasteiger charge is 2.38. The zero-order chi connectivity index (χ0) is 17.4. The predicted molar refractivity (Wildman–Crippen MR) is 104 cm³/mol. The molecule has 3 N–H and O–H groups in total. The van der Waals surface area contributed by atoms with Crippen LogP contribution in [0.25, 0.3) is 5.65 Å². The fourth-order valence-corrected chi connectivity index (χ4v) is 4.43. The number of anilines is 1. The quantitative estimate of drug-likeness (QED) is 0.502. The molecule has 0 aliphatic carbocycles. The van der Waals surface area contributed by atoms with Crippen molar-refractivity contribution < 1.29 is 10.2 Å². The summed E-state index contributed by atoms with van der Waals surface area (Å²) >= 11 is 3.76. The van der Waals surface area contributed by atoms with E-state index in [0.717, 1.165) is 5.56 Å². The Bertz CT molecular complexity index is 888. The van der Waals surface area contributed by atoms with Crippen LogP contribution in [0, 0.1) is 3.57 Å². The molecule has 0 unspecified atom stereocenters. The molecule has 25 heavy (non-hydrogen) atoms. The maximum Gasteiger partial charge on any atom is 0.203 e. The fourth-order valence-electron chi connectivity index (χ4n) is 2.78. The lowest BCUT2D eigenvalue weighted by molar-refractivity contribution is 0.0404. The number of hydrogen-bond acceptors (Lipinski definition) is 7. The first kappa shape index (κ1) is 17.0. The third kappa shape index (κ3) is 3.33. The second kappa shape index (κ2) is 7.06. The van der Waals surface area contributed by atoms with Crippen molar-refractivity contribution >= 4 is 45.8 Å². The van der Waals surface area contributed by atoms with Gasteiger partial charge in [0.1, 0.15) is 0 Å². The first-order chi connectivity index (χ1) is 12.1. The average Bonchev–Trinajstić information content (AvgIpc) is 3.19. The van der Waals surface area contributed by atoms with Gasteiger partial charge in [0.05, 0.1) is 17.5 Å². The van der Waals surface area contributed by atoms with E-state index in [-0.39, 0.29) is 5.25 Å². The maximum atomic E-state index is 10.1. The van der Waals surface area contributed by atoms with Gasteiger partial charge in [-0.05, 0) is 40.3 Å². The largest absolute Gasteiger partial charge is 0.390 e. The van der Waals surface area contributed by atoms with Crippen molar-refractivity contribution in [2.45, 2.75) is 24.0 Å². The molecule has 1 aromatic carbocycles. The topological polar surface area (TPSA) is 95.6 Å². The Labute approximate surface area is 162 Å². The first-order valence-electron chi connectivity index (χ1n) is 7.79. The van der Waals surface area contributed by atoms with Crippen molar-refractivity contribution in [3.8, 4) is 0 Å². The summed E-state index contributed by atoms with van der Waals surface area (Å²) < 4.78 is 3.01. The molecule has 0 amide bonds. The van der Waals surface area contributed by atoms with Gasteiger partial charge in [-0.25, -0.2) is 4.98 Å². The van der Waals surface area contributed by atoms with E-state index in [0.29, 0.717) is 29.6 Å². The summed E-state index contributed by atoms with van der Waals surface area (Å²) in [6.07, 6.45) is 1.88. The van der Waals surface area contributed by atoms with E-state index in [4.69, 9.17) is 0 Å². The molecule has 1 aliphatic rings. The van der Waals surface area contributed by atoms with Crippen LogP contribution in [0.3, 0.4) is 0 Å². The summed E-state index contributed by atoms with van der Waals surface area (Å²) in [5, 5.41) is 31.4. The number of hydrogen-bond donors (Lipinski definition) is 3. The summed E-state index contributed by atoms with van der Waals surface area (Å²) in [5.74, 6) is 1.76. The Hall–Kier alpha value is -1.43. The second-order valence-electron chi connectivity index (χ2n) is 5.82. The number of halogens is 1. The highest BCUT2D eigenvalue weighted by molar-refractivity contribution is 14.1. The van der Waals surface area contributed by atoms with E-state index < -0.39 is 12.2 Å². The Morgan fingerprint density at radius 3 is 2.76 bits per heavy atom. The lowest BCUT2D eigenvalue weighted by Gasteiger charge is -2.13. The number of aliphatic hydroxyl groups is 2. The standard InChI is InChI=1S/C16H16IN5O2S/c17-10-3-1-9(2-4-10)7-19-14-16-21-20-15(22(16)6-5-18-14)13-12(24)11(23)8-25-13/h1-6,11-13,23-24H,7-8H2,(H,18,19)/t11-,12-,13-/m1/s1. The molecule has 0 saturated carbocycles. The minimum Gasteiger partial charge on any atom is -0.390 e. The van der Waals surface area contributed by atoms with E-state index in [1.807, 2.05) is 4.40 Å². The third-order valence-electron chi connectivity index (χ3n) is 4.13. The molecular weight excluding hydrogens is 453 g/mol. The Morgan fingerprint density at radius 2 is 2.04 bits per heavy atom. The summed E-state index contributed by atoms with van der Waals surface area (Å²) in [6, 6.07) is 8.25. The van der Waals surface area contributed by atoms with Crippen LogP contribution in [-0.4, -0.2) is 47.8 Å². The molecule has 0 radical (unpaired) electrons. The molecule has 2 aromatic heterocycles. The van der Waals surface area contributed by atoms with Gasteiger partial charge in [0.25, 0.3) is 0 Å². The molecule has 130 valence electrons. The maximum absolute atomic E-state index is 10.1. The molecule has 0 spiro atoms. The third-order valence-corrected chi connectivity index (χ3v) is 6.23. The van der Waals surface area contributed by atoms with Crippen LogP contribution in [-0.2, 0) is 6.54 Å². The minimum absolute atomic E-state index is 0.295. The van der Waals surface area contributed by atoms with E-state index in [1.165, 1.54) is 15.3 Å². The van der Waals surface area contributed by atoms with Gasteiger partial charge in [-0.15, -0.1) is 22.0 Å². The van der Waals surface area contributed by atoms with E-state index in [9.17, 15) is 10.2 Å². The fraction of sp³-hybridized carbons (Fsp3) is 0.312. The number of nitrogens with one attached hydrogen (secondary N) is 1. The highest BCUT2D eigenvalue weighted by atomic mass is 127. The Morgan fingerprint density at radius 1 is 1.24 bits per heavy atom. The summed E-state index contributed by atoms with van der Waals surface area (Å²) in [7, 11) is 0. The number of fused-ring (bicyclic) bond motifs is 1. The monoisotopic (exact) mass is 469 g/mol. The Kier molecular flexibility index (Phi) is 4.80. The van der Waals surface area contributed by atoms with Crippen LogP contribution in [0.15, 0.2) is 36.7 Å². The molecule has 3 heterocycles. The average molecular weight is 469 g/mol. The molecule has 4 rings (SSSR count). The summed E-state index contributed by atoms with van der Waals surface area (Å²) in [6.45, 7) is 0.630. The number of nitrogens with zero attached hydrogens (tertiary/aromatic N) is 4. The number of aliphatic hydroxyl groups excluding tert-OH is 2. The normalized spacial score (nSPS) is 23.2. The smallest absolute Gasteiger partial charge is 0.203 e. The van der Waals surface area contributed by atoms with Gasteiger partial charge < -0.3 is 15.5 Å². The van der Waals surface area contributed by atoms with Crippen molar-refractivity contribution in [1.29, 1.82) is 0 Å². The van der Waals surface area contributed by atoms with Crippen molar-refractivity contribution in [3.05, 3.63) is 51.6 Å². The SMILES string of the molecule is O[C@@H]1[C@H](O)CS[C@H]1c1nnc2c(NCc3ccc(I)cc3)nccn12. The van der Waals surface area contributed by atoms with Gasteiger partial charge >= 0.3 is 0 Å². The van der Waals surface area contributed by atoms with Crippen LogP contribution in [0.2, 0.25) is 0 Å². The van der Waals surface area contributed by atoms with Gasteiger partial charge in [-0.3, -0.25) is 4.40 Å². The molecular formula is C16H16IN5O2S.